The fourth-order valence-electron chi connectivity index (χ4n) is 7.61. The minimum Gasteiger partial charge on any atom is -0.481 e. The van der Waals surface area contributed by atoms with Crippen LogP contribution in [0.15, 0.2) is 29.3 Å². The molecule has 30 heteroatoms. The first kappa shape index (κ1) is 62.1. The molecule has 3 rings (SSSR count). The Morgan fingerprint density at radius 1 is 0.712 bits per heavy atom. The van der Waals surface area contributed by atoms with Crippen molar-refractivity contribution in [3.05, 3.63) is 35.4 Å². The zero-order valence-electron chi connectivity index (χ0n) is 40.9. The zero-order valence-corrected chi connectivity index (χ0v) is 40.9. The lowest BCUT2D eigenvalue weighted by Gasteiger charge is -2.33. The molecule has 0 spiro atoms. The van der Waals surface area contributed by atoms with Gasteiger partial charge in [0.05, 0.1) is 51.6 Å². The monoisotopic (exact) mass is 1040 g/mol. The van der Waals surface area contributed by atoms with Crippen LogP contribution in [0, 0.1) is 0 Å². The number of amides is 6. The second kappa shape index (κ2) is 33.6. The molecule has 2 aliphatic heterocycles. The molecule has 2 saturated heterocycles. The molecule has 406 valence electrons. The maximum Gasteiger partial charge on any atom is 0.475 e. The number of hydrogen-bond donors (Lipinski definition) is 13. The van der Waals surface area contributed by atoms with E-state index in [1.54, 1.807) is 26.8 Å². The average Bonchev–Trinajstić information content (AvgIpc) is 3.82. The van der Waals surface area contributed by atoms with Gasteiger partial charge in [-0.3, -0.25) is 72.5 Å². The van der Waals surface area contributed by atoms with E-state index in [2.05, 4.69) is 31.6 Å². The molecule has 15 N–H and O–H groups in total. The Labute approximate surface area is 421 Å². The summed E-state index contributed by atoms with van der Waals surface area (Å²) in [5, 5.41) is 67.8. The number of aliphatic imine (C=N–C) groups is 1. The van der Waals surface area contributed by atoms with Gasteiger partial charge in [-0.2, -0.15) is 0 Å². The highest BCUT2D eigenvalue weighted by molar-refractivity contribution is 6.43. The van der Waals surface area contributed by atoms with Gasteiger partial charge < -0.3 is 73.4 Å². The number of carbonyl (C=O) groups is 10. The summed E-state index contributed by atoms with van der Waals surface area (Å²) >= 11 is 0. The predicted octanol–water partition coefficient (Wildman–Crippen LogP) is -6.24. The van der Waals surface area contributed by atoms with Crippen LogP contribution in [-0.4, -0.2) is 251 Å². The van der Waals surface area contributed by atoms with Gasteiger partial charge in [-0.25, -0.2) is 0 Å². The van der Waals surface area contributed by atoms with E-state index in [-0.39, 0.29) is 62.7 Å². The maximum atomic E-state index is 12.7. The SMILES string of the molecule is CC(CCCN=C(N)N)NC(=O)CN1CCN(CC(=O)O)CCN(CC(=O)O)CCN(CC(=O)O)CC1.O=CNCC(=O)NC(CC(=O)O)C(=O)NCc1ccc(C(=O)NCC(=O)N2CCCC2B(O)O)cc1. The van der Waals surface area contributed by atoms with Crippen LogP contribution in [0.5, 0.6) is 0 Å². The number of nitrogens with two attached hydrogens (primary N) is 2. The van der Waals surface area contributed by atoms with Crippen molar-refractivity contribution in [2.24, 2.45) is 16.5 Å². The molecule has 2 heterocycles. The largest absolute Gasteiger partial charge is 0.481 e. The second-order valence-corrected chi connectivity index (χ2v) is 17.2. The normalized spacial score (nSPS) is 16.8. The van der Waals surface area contributed by atoms with Crippen molar-refractivity contribution < 1.29 is 78.4 Å². The lowest BCUT2D eigenvalue weighted by atomic mass is 9.78. The molecule has 0 radical (unpaired) electrons. The quantitative estimate of drug-likeness (QED) is 0.0135. The molecule has 1 aromatic rings. The summed E-state index contributed by atoms with van der Waals surface area (Å²) < 4.78 is 0. The van der Waals surface area contributed by atoms with Crippen molar-refractivity contribution >= 4 is 72.9 Å². The van der Waals surface area contributed by atoms with E-state index in [1.807, 2.05) is 11.8 Å². The Morgan fingerprint density at radius 3 is 1.70 bits per heavy atom. The molecule has 3 atom stereocenters. The standard InChI is InChI=1S/C22H42N8O7.C21H28BN5O9/c1-17(3-2-4-25-22(23)24)26-18(31)13-27-5-7-28(14-19(32)33)9-11-30(16-21(36)37)12-10-29(8-6-27)15-20(34)35;28-12-23-10-17(29)26-15(8-19(31)32)21(34)24-9-13-3-5-14(6-4-13)20(33)25-11-18(30)27-7-1-2-16(27)22(35)36/h17H,2-16H2,1H3,(H,26,31)(H,32,33)(H,34,35)(H,36,37)(H4,23,24,25);3-6,12,15-16,35-36H,1-2,7-11H2,(H,23,28)(H,24,34)(H,25,33)(H,26,29)(H,31,32). The number of hydrogen-bond acceptors (Lipinski definition) is 17. The van der Waals surface area contributed by atoms with Crippen LogP contribution in [0.25, 0.3) is 0 Å². The smallest absolute Gasteiger partial charge is 0.475 e. The molecule has 0 bridgehead atoms. The van der Waals surface area contributed by atoms with Gasteiger partial charge in [0.15, 0.2) is 5.96 Å². The molecule has 1 aromatic carbocycles. The first-order valence-electron chi connectivity index (χ1n) is 23.4. The number of nitrogens with one attached hydrogen (secondary N) is 5. The molecule has 0 aliphatic carbocycles. The van der Waals surface area contributed by atoms with E-state index < -0.39 is 79.6 Å². The van der Waals surface area contributed by atoms with Gasteiger partial charge in [0.25, 0.3) is 5.91 Å². The van der Waals surface area contributed by atoms with Crippen LogP contribution in [0.3, 0.4) is 0 Å². The Kier molecular flexibility index (Phi) is 28.6. The van der Waals surface area contributed by atoms with Gasteiger partial charge in [0.2, 0.25) is 30.0 Å². The third-order valence-electron chi connectivity index (χ3n) is 11.3. The van der Waals surface area contributed by atoms with Gasteiger partial charge in [-0.15, -0.1) is 0 Å². The Morgan fingerprint density at radius 2 is 1.23 bits per heavy atom. The maximum absolute atomic E-state index is 12.7. The molecular formula is C43H70BN13O16. The summed E-state index contributed by atoms with van der Waals surface area (Å²) in [5.41, 5.74) is 11.4. The summed E-state index contributed by atoms with van der Waals surface area (Å²) in [5.74, 6) is -7.60. The van der Waals surface area contributed by atoms with Crippen LogP contribution in [-0.2, 0) is 49.7 Å². The van der Waals surface area contributed by atoms with E-state index >= 15 is 0 Å². The average molecular weight is 1040 g/mol. The molecular weight excluding hydrogens is 965 g/mol. The number of carboxylic acids is 4. The van der Waals surface area contributed by atoms with E-state index in [4.69, 9.17) is 16.6 Å². The summed E-state index contributed by atoms with van der Waals surface area (Å²) in [6.07, 6.45) is 2.13. The van der Waals surface area contributed by atoms with Gasteiger partial charge >= 0.3 is 31.0 Å². The van der Waals surface area contributed by atoms with Crippen molar-refractivity contribution in [1.82, 2.24) is 51.1 Å². The number of rotatable bonds is 26. The van der Waals surface area contributed by atoms with Gasteiger partial charge in [0, 0.05) is 83.6 Å². The Bertz CT molecular complexity index is 2000. The Balaban J connectivity index is 0.000000500. The number of nitrogens with zero attached hydrogens (tertiary/aromatic N) is 6. The molecule has 29 nitrogen and oxygen atoms in total. The van der Waals surface area contributed by atoms with E-state index in [0.717, 1.165) is 0 Å². The summed E-state index contributed by atoms with van der Waals surface area (Å²) in [4.78, 5) is 129. The first-order valence-corrected chi connectivity index (χ1v) is 23.4. The van der Waals surface area contributed by atoms with Crippen molar-refractivity contribution in [2.45, 2.75) is 63.6 Å². The lowest BCUT2D eigenvalue weighted by molar-refractivity contribution is -0.141. The third kappa shape index (κ3) is 26.9. The summed E-state index contributed by atoms with van der Waals surface area (Å²) in [6, 6.07) is 4.59. The van der Waals surface area contributed by atoms with E-state index in [9.17, 15) is 73.3 Å². The highest BCUT2D eigenvalue weighted by atomic mass is 16.4. The number of benzene rings is 1. The third-order valence-corrected chi connectivity index (χ3v) is 11.3. The number of likely N-dealkylation sites (tertiary alicyclic amines) is 1. The van der Waals surface area contributed by atoms with Crippen molar-refractivity contribution in [3.8, 4) is 0 Å². The van der Waals surface area contributed by atoms with Gasteiger partial charge in [-0.05, 0) is 50.3 Å². The molecule has 0 saturated carbocycles. The number of carboxylic acid groups (broad SMARTS) is 4. The second-order valence-electron chi connectivity index (χ2n) is 17.2. The predicted molar refractivity (Wildman–Crippen MR) is 260 cm³/mol. The molecule has 6 amide bonds. The minimum absolute atomic E-state index is 0.0162. The topological polar surface area (TPSA) is 433 Å². The van der Waals surface area contributed by atoms with Crippen LogP contribution in [0.4, 0.5) is 0 Å². The molecule has 0 aromatic heterocycles. The molecule has 73 heavy (non-hydrogen) atoms. The fourth-order valence-corrected chi connectivity index (χ4v) is 7.61. The zero-order chi connectivity index (χ0) is 54.5. The highest BCUT2D eigenvalue weighted by Gasteiger charge is 2.36. The van der Waals surface area contributed by atoms with Crippen molar-refractivity contribution in [3.63, 3.8) is 0 Å². The fraction of sp³-hybridized carbons (Fsp3) is 0.605. The van der Waals surface area contributed by atoms with Crippen LogP contribution < -0.4 is 38.1 Å². The van der Waals surface area contributed by atoms with E-state index in [0.29, 0.717) is 103 Å². The Hall–Kier alpha value is -6.99. The summed E-state index contributed by atoms with van der Waals surface area (Å²) in [7, 11) is -1.64. The van der Waals surface area contributed by atoms with E-state index in [1.165, 1.54) is 17.0 Å². The van der Waals surface area contributed by atoms with Crippen LogP contribution in [0.1, 0.15) is 54.9 Å². The number of carbonyl (C=O) groups excluding carboxylic acids is 6. The first-order chi connectivity index (χ1) is 34.6. The highest BCUT2D eigenvalue weighted by Crippen LogP contribution is 2.18. The number of guanidine groups is 1. The molecule has 2 aliphatic rings. The van der Waals surface area contributed by atoms with Gasteiger partial charge in [-0.1, -0.05) is 12.1 Å². The van der Waals surface area contributed by atoms with Gasteiger partial charge in [0.1, 0.15) is 6.04 Å². The van der Waals surface area contributed by atoms with Crippen LogP contribution >= 0.6 is 0 Å². The lowest BCUT2D eigenvalue weighted by Crippen LogP contribution is -2.50. The van der Waals surface area contributed by atoms with Crippen LogP contribution in [0.2, 0.25) is 0 Å². The van der Waals surface area contributed by atoms with Crippen molar-refractivity contribution in [1.29, 1.82) is 0 Å². The number of aliphatic carboxylic acids is 4. The molecule has 2 fully saturated rings. The molecule has 3 unspecified atom stereocenters. The van der Waals surface area contributed by atoms with Crippen molar-refractivity contribution in [2.75, 3.05) is 105 Å². The minimum atomic E-state index is -1.64. The summed E-state index contributed by atoms with van der Waals surface area (Å²) in [6.45, 7) is 4.20.